The molecule has 108 valence electrons. The first kappa shape index (κ1) is 13.9. The van der Waals surface area contributed by atoms with Gasteiger partial charge in [-0.1, -0.05) is 43.0 Å². The van der Waals surface area contributed by atoms with Crippen molar-refractivity contribution in [3.63, 3.8) is 0 Å². The number of rotatable bonds is 2. The maximum Gasteiger partial charge on any atom is 0.225 e. The summed E-state index contributed by atoms with van der Waals surface area (Å²) < 4.78 is 0. The summed E-state index contributed by atoms with van der Waals surface area (Å²) in [6.45, 7) is 0. The topological polar surface area (TPSA) is 46.3 Å². The van der Waals surface area contributed by atoms with Gasteiger partial charge in [0.2, 0.25) is 5.91 Å². The molecule has 0 spiro atoms. The molecule has 2 unspecified atom stereocenters. The molecular weight excluding hydrogens is 272 g/mol. The summed E-state index contributed by atoms with van der Waals surface area (Å²) >= 11 is 5.96. The maximum absolute atomic E-state index is 12.4. The number of nitrogens with zero attached hydrogens (tertiary/aromatic N) is 1. The quantitative estimate of drug-likeness (QED) is 0.909. The van der Waals surface area contributed by atoms with Gasteiger partial charge in [-0.2, -0.15) is 0 Å². The molecule has 3 nitrogen and oxygen atoms in total. The van der Waals surface area contributed by atoms with Crippen LogP contribution in [0.1, 0.15) is 50.1 Å². The molecule has 1 amide bonds. The van der Waals surface area contributed by atoms with Crippen LogP contribution in [0.5, 0.6) is 0 Å². The van der Waals surface area contributed by atoms with E-state index in [-0.39, 0.29) is 18.0 Å². The molecule has 0 bridgehead atoms. The number of halogens is 1. The molecule has 2 N–H and O–H groups in total. The van der Waals surface area contributed by atoms with Gasteiger partial charge in [-0.3, -0.25) is 4.79 Å². The molecular formula is C16H21ClN2O. The smallest absolute Gasteiger partial charge is 0.225 e. The lowest BCUT2D eigenvalue weighted by Gasteiger charge is -2.37. The van der Waals surface area contributed by atoms with Crippen LogP contribution in [0.3, 0.4) is 0 Å². The molecule has 2 aliphatic rings. The lowest BCUT2D eigenvalue weighted by molar-refractivity contribution is -0.132. The van der Waals surface area contributed by atoms with Crippen molar-refractivity contribution < 1.29 is 4.79 Å². The molecule has 2 fully saturated rings. The predicted octanol–water partition coefficient (Wildman–Crippen LogP) is 3.27. The predicted molar refractivity (Wildman–Crippen MR) is 80.5 cm³/mol. The first-order chi connectivity index (χ1) is 9.66. The minimum atomic E-state index is -0.106. The zero-order chi connectivity index (χ0) is 14.1. The van der Waals surface area contributed by atoms with Crippen LogP contribution in [-0.2, 0) is 4.79 Å². The molecule has 1 saturated carbocycles. The van der Waals surface area contributed by atoms with E-state index in [9.17, 15) is 4.79 Å². The summed E-state index contributed by atoms with van der Waals surface area (Å²) in [5, 5.41) is 0.718. The lowest BCUT2D eigenvalue weighted by atomic mass is 9.92. The van der Waals surface area contributed by atoms with E-state index < -0.39 is 0 Å². The molecule has 1 heterocycles. The van der Waals surface area contributed by atoms with E-state index >= 15 is 0 Å². The Hall–Kier alpha value is -1.06. The number of hydrogen-bond acceptors (Lipinski definition) is 2. The van der Waals surface area contributed by atoms with E-state index in [1.54, 1.807) is 0 Å². The van der Waals surface area contributed by atoms with Crippen LogP contribution in [0.4, 0.5) is 0 Å². The molecule has 1 saturated heterocycles. The van der Waals surface area contributed by atoms with Crippen molar-refractivity contribution in [2.24, 2.45) is 5.73 Å². The number of likely N-dealkylation sites (tertiary alicyclic amines) is 1. The zero-order valence-corrected chi connectivity index (χ0v) is 12.4. The maximum atomic E-state index is 12.4. The summed E-state index contributed by atoms with van der Waals surface area (Å²) in [4.78, 5) is 14.4. The molecule has 1 aliphatic carbocycles. The van der Waals surface area contributed by atoms with Gasteiger partial charge in [-0.25, -0.2) is 0 Å². The second kappa shape index (κ2) is 5.74. The molecule has 2 atom stereocenters. The first-order valence-electron chi connectivity index (χ1n) is 7.49. The molecule has 20 heavy (non-hydrogen) atoms. The van der Waals surface area contributed by atoms with Crippen LogP contribution in [0.25, 0.3) is 0 Å². The van der Waals surface area contributed by atoms with Crippen LogP contribution in [0.2, 0.25) is 5.02 Å². The number of nitrogens with two attached hydrogens (primary N) is 1. The minimum Gasteiger partial charge on any atom is -0.331 e. The molecule has 0 radical (unpaired) electrons. The van der Waals surface area contributed by atoms with Crippen LogP contribution in [-0.4, -0.2) is 22.9 Å². The summed E-state index contributed by atoms with van der Waals surface area (Å²) in [6, 6.07) is 8.04. The third-order valence-electron chi connectivity index (χ3n) is 4.58. The monoisotopic (exact) mass is 292 g/mol. The van der Waals surface area contributed by atoms with Gasteiger partial charge in [-0.05, 0) is 30.5 Å². The zero-order valence-electron chi connectivity index (χ0n) is 11.6. The minimum absolute atomic E-state index is 0.0165. The summed E-state index contributed by atoms with van der Waals surface area (Å²) in [5.41, 5.74) is 7.35. The molecule has 4 heteroatoms. The van der Waals surface area contributed by atoms with Gasteiger partial charge in [0, 0.05) is 23.5 Å². The number of carbonyl (C=O) groups is 1. The fraction of sp³-hybridized carbons (Fsp3) is 0.562. The standard InChI is InChI=1S/C16H21ClN2O/c17-12-8-6-11(7-9-12)16-14(18)10-15(20)19(16)13-4-2-1-3-5-13/h6-9,13-14,16H,1-5,10,18H2. The third kappa shape index (κ3) is 2.57. The van der Waals surface area contributed by atoms with Crippen LogP contribution in [0.15, 0.2) is 24.3 Å². The van der Waals surface area contributed by atoms with E-state index in [4.69, 9.17) is 17.3 Å². The Balaban J connectivity index is 1.88. The highest BCUT2D eigenvalue weighted by atomic mass is 35.5. The van der Waals surface area contributed by atoms with Crippen molar-refractivity contribution in [3.05, 3.63) is 34.9 Å². The van der Waals surface area contributed by atoms with E-state index in [0.29, 0.717) is 12.5 Å². The van der Waals surface area contributed by atoms with Gasteiger partial charge < -0.3 is 10.6 Å². The fourth-order valence-electron chi connectivity index (χ4n) is 3.64. The number of amides is 1. The number of hydrogen-bond donors (Lipinski definition) is 1. The summed E-state index contributed by atoms with van der Waals surface area (Å²) in [7, 11) is 0. The Labute approximate surface area is 125 Å². The average molecular weight is 293 g/mol. The number of benzene rings is 1. The van der Waals surface area contributed by atoms with E-state index in [2.05, 4.69) is 4.90 Å². The highest BCUT2D eigenvalue weighted by Crippen LogP contribution is 2.38. The summed E-state index contributed by atoms with van der Waals surface area (Å²) in [6.07, 6.45) is 6.42. The molecule has 1 aliphatic heterocycles. The van der Waals surface area contributed by atoms with Crippen LogP contribution in [0, 0.1) is 0 Å². The Morgan fingerprint density at radius 3 is 2.40 bits per heavy atom. The number of carbonyl (C=O) groups excluding carboxylic acids is 1. The summed E-state index contributed by atoms with van der Waals surface area (Å²) in [5.74, 6) is 0.212. The largest absolute Gasteiger partial charge is 0.331 e. The van der Waals surface area contributed by atoms with Gasteiger partial charge in [0.1, 0.15) is 0 Å². The molecule has 1 aromatic rings. The Morgan fingerprint density at radius 2 is 1.75 bits per heavy atom. The van der Waals surface area contributed by atoms with Crippen LogP contribution >= 0.6 is 11.6 Å². The van der Waals surface area contributed by atoms with Crippen molar-refractivity contribution in [1.82, 2.24) is 4.90 Å². The average Bonchev–Trinajstić information content (AvgIpc) is 2.75. The Morgan fingerprint density at radius 1 is 1.10 bits per heavy atom. The molecule has 0 aromatic heterocycles. The van der Waals surface area contributed by atoms with E-state index in [1.807, 2.05) is 24.3 Å². The molecule has 3 rings (SSSR count). The van der Waals surface area contributed by atoms with Gasteiger partial charge in [-0.15, -0.1) is 0 Å². The highest BCUT2D eigenvalue weighted by Gasteiger charge is 2.42. The van der Waals surface area contributed by atoms with Gasteiger partial charge in [0.25, 0.3) is 0 Å². The van der Waals surface area contributed by atoms with Crippen molar-refractivity contribution in [3.8, 4) is 0 Å². The van der Waals surface area contributed by atoms with Crippen molar-refractivity contribution >= 4 is 17.5 Å². The van der Waals surface area contributed by atoms with E-state index in [1.165, 1.54) is 19.3 Å². The SMILES string of the molecule is NC1CC(=O)N(C2CCCCC2)C1c1ccc(Cl)cc1. The van der Waals surface area contributed by atoms with Gasteiger partial charge in [0.05, 0.1) is 6.04 Å². The van der Waals surface area contributed by atoms with Crippen molar-refractivity contribution in [2.45, 2.75) is 56.7 Å². The molecule has 1 aromatic carbocycles. The van der Waals surface area contributed by atoms with E-state index in [0.717, 1.165) is 23.4 Å². The van der Waals surface area contributed by atoms with Crippen LogP contribution < -0.4 is 5.73 Å². The Kier molecular flexibility index (Phi) is 3.99. The lowest BCUT2D eigenvalue weighted by Crippen LogP contribution is -2.41. The third-order valence-corrected chi connectivity index (χ3v) is 4.84. The van der Waals surface area contributed by atoms with Crippen molar-refractivity contribution in [1.29, 1.82) is 0 Å². The van der Waals surface area contributed by atoms with Gasteiger partial charge in [0.15, 0.2) is 0 Å². The normalized spacial score (nSPS) is 28.1. The van der Waals surface area contributed by atoms with Crippen molar-refractivity contribution in [2.75, 3.05) is 0 Å². The van der Waals surface area contributed by atoms with Gasteiger partial charge >= 0.3 is 0 Å². The fourth-order valence-corrected chi connectivity index (χ4v) is 3.76. The Bertz CT molecular complexity index is 482. The second-order valence-corrected chi connectivity index (χ2v) is 6.39. The highest BCUT2D eigenvalue weighted by molar-refractivity contribution is 6.30. The second-order valence-electron chi connectivity index (χ2n) is 5.96. The first-order valence-corrected chi connectivity index (χ1v) is 7.87.